The van der Waals surface area contributed by atoms with Gasteiger partial charge in [-0.2, -0.15) is 0 Å². The van der Waals surface area contributed by atoms with Crippen molar-refractivity contribution in [3.8, 4) is 11.5 Å². The van der Waals surface area contributed by atoms with E-state index in [1.807, 2.05) is 29.2 Å². The molecule has 0 unspecified atom stereocenters. The van der Waals surface area contributed by atoms with Crippen molar-refractivity contribution >= 4 is 17.8 Å². The molecule has 3 aliphatic rings. The molecule has 42 heavy (non-hydrogen) atoms. The summed E-state index contributed by atoms with van der Waals surface area (Å²) in [5, 5.41) is 23.2. The molecule has 2 aromatic carbocycles. The van der Waals surface area contributed by atoms with Crippen LogP contribution in [0.2, 0.25) is 0 Å². The average molecular weight is 578 g/mol. The van der Waals surface area contributed by atoms with Crippen molar-refractivity contribution in [3.63, 3.8) is 0 Å². The molecule has 2 amide bonds. The molecule has 0 radical (unpaired) electrons. The highest BCUT2D eigenvalue weighted by atomic mass is 16.5. The predicted octanol–water partition coefficient (Wildman–Crippen LogP) is 4.58. The van der Waals surface area contributed by atoms with Gasteiger partial charge in [-0.3, -0.25) is 14.5 Å². The highest BCUT2D eigenvalue weighted by Crippen LogP contribution is 2.36. The number of rotatable bonds is 10. The van der Waals surface area contributed by atoms with Gasteiger partial charge >= 0.3 is 5.97 Å². The van der Waals surface area contributed by atoms with Crippen molar-refractivity contribution < 1.29 is 29.3 Å². The number of piperazine rings is 1. The topological polar surface area (TPSA) is 119 Å². The maximum absolute atomic E-state index is 13.8. The fraction of sp³-hybridized carbons (Fsp3) is 0.545. The van der Waals surface area contributed by atoms with Gasteiger partial charge in [0.1, 0.15) is 23.1 Å². The van der Waals surface area contributed by atoms with Crippen LogP contribution in [0.3, 0.4) is 0 Å². The smallest absolute Gasteiger partial charge is 0.335 e. The van der Waals surface area contributed by atoms with Gasteiger partial charge in [-0.25, -0.2) is 4.79 Å². The van der Waals surface area contributed by atoms with Gasteiger partial charge in [-0.1, -0.05) is 44.7 Å². The maximum atomic E-state index is 13.8. The lowest BCUT2D eigenvalue weighted by molar-refractivity contribution is -0.166. The summed E-state index contributed by atoms with van der Waals surface area (Å²) in [5.41, 5.74) is 0.461. The minimum absolute atomic E-state index is 0.0613. The number of aromatic carboxylic acids is 1. The van der Waals surface area contributed by atoms with Gasteiger partial charge in [0, 0.05) is 26.2 Å². The van der Waals surface area contributed by atoms with Gasteiger partial charge in [0.05, 0.1) is 11.7 Å². The van der Waals surface area contributed by atoms with Crippen LogP contribution >= 0.6 is 0 Å². The number of hydrogen-bond acceptors (Lipinski definition) is 6. The SMILES string of the molecule is CCCCN1C(=O)[C@H]([C@H](O)C2CCCCC2)NC(=O)C12CCN(Cc1ccc(Oc3ccc(C(=O)O)cc3)cc1)CC2. The molecule has 0 aromatic heterocycles. The zero-order valence-corrected chi connectivity index (χ0v) is 24.5. The predicted molar refractivity (Wildman–Crippen MR) is 158 cm³/mol. The van der Waals surface area contributed by atoms with Gasteiger partial charge in [-0.15, -0.1) is 0 Å². The summed E-state index contributed by atoms with van der Waals surface area (Å²) in [6.07, 6.45) is 7.15. The summed E-state index contributed by atoms with van der Waals surface area (Å²) in [7, 11) is 0. The summed E-state index contributed by atoms with van der Waals surface area (Å²) in [5.74, 6) is 0.0741. The molecular weight excluding hydrogens is 534 g/mol. The van der Waals surface area contributed by atoms with E-state index in [-0.39, 0.29) is 23.3 Å². The fourth-order valence-electron chi connectivity index (χ4n) is 6.76. The standard InChI is InChI=1S/C33H43N3O6/c1-2-3-19-36-30(38)28(29(37)24-7-5-4-6-8-24)34-32(41)33(36)17-20-35(21-18-33)22-23-9-13-26(14-10-23)42-27-15-11-25(12-16-27)31(39)40/h9-16,24,28-29,37H,2-8,17-22H2,1H3,(H,34,41)(H,39,40)/t28-,29+/m0/s1. The number of carbonyl (C=O) groups is 3. The molecule has 2 atom stereocenters. The molecule has 2 aromatic rings. The average Bonchev–Trinajstić information content (AvgIpc) is 3.01. The van der Waals surface area contributed by atoms with E-state index in [2.05, 4.69) is 17.1 Å². The first-order chi connectivity index (χ1) is 20.3. The van der Waals surface area contributed by atoms with Crippen molar-refractivity contribution in [3.05, 3.63) is 59.7 Å². The number of unbranched alkanes of at least 4 members (excludes halogenated alkanes) is 1. The van der Waals surface area contributed by atoms with E-state index < -0.39 is 23.7 Å². The van der Waals surface area contributed by atoms with E-state index in [0.717, 1.165) is 50.6 Å². The normalized spacial score (nSPS) is 22.1. The summed E-state index contributed by atoms with van der Waals surface area (Å²) in [6.45, 7) is 4.72. The van der Waals surface area contributed by atoms with Crippen molar-refractivity contribution in [2.45, 2.75) is 88.9 Å². The lowest BCUT2D eigenvalue weighted by atomic mass is 9.78. The first-order valence-corrected chi connectivity index (χ1v) is 15.4. The Bertz CT molecular complexity index is 1230. The van der Waals surface area contributed by atoms with Crippen LogP contribution in [0.15, 0.2) is 48.5 Å². The van der Waals surface area contributed by atoms with Crippen LogP contribution < -0.4 is 10.1 Å². The second-order valence-corrected chi connectivity index (χ2v) is 12.1. The molecule has 0 bridgehead atoms. The third-order valence-electron chi connectivity index (χ3n) is 9.32. The number of aliphatic hydroxyl groups excluding tert-OH is 1. The van der Waals surface area contributed by atoms with E-state index >= 15 is 0 Å². The molecule has 2 saturated heterocycles. The minimum atomic E-state index is -0.975. The highest BCUT2D eigenvalue weighted by molar-refractivity contribution is 6.00. The number of aliphatic hydroxyl groups is 1. The van der Waals surface area contributed by atoms with Gasteiger partial charge in [0.2, 0.25) is 11.8 Å². The molecule has 1 aliphatic carbocycles. The van der Waals surface area contributed by atoms with Crippen molar-refractivity contribution in [1.29, 1.82) is 0 Å². The van der Waals surface area contributed by atoms with E-state index in [9.17, 15) is 19.5 Å². The van der Waals surface area contributed by atoms with E-state index in [1.54, 1.807) is 12.1 Å². The van der Waals surface area contributed by atoms with E-state index in [4.69, 9.17) is 9.84 Å². The first-order valence-electron chi connectivity index (χ1n) is 15.4. The molecule has 2 aliphatic heterocycles. The second kappa shape index (κ2) is 13.3. The van der Waals surface area contributed by atoms with Gasteiger partial charge in [0.15, 0.2) is 0 Å². The number of carboxylic acid groups (broad SMARTS) is 1. The molecule has 9 heteroatoms. The quantitative estimate of drug-likeness (QED) is 0.378. The molecule has 9 nitrogen and oxygen atoms in total. The van der Waals surface area contributed by atoms with Crippen LogP contribution in [0.5, 0.6) is 11.5 Å². The van der Waals surface area contributed by atoms with Gasteiger partial charge in [-0.05, 0) is 80.0 Å². The number of likely N-dealkylation sites (tertiary alicyclic amines) is 1. The number of piperidine rings is 1. The first kappa shape index (κ1) is 30.0. The number of amides is 2. The molecule has 226 valence electrons. The van der Waals surface area contributed by atoms with Gasteiger partial charge < -0.3 is 25.2 Å². The fourth-order valence-corrected chi connectivity index (χ4v) is 6.76. The number of nitrogens with zero attached hydrogens (tertiary/aromatic N) is 2. The molecule has 1 spiro atoms. The third-order valence-corrected chi connectivity index (χ3v) is 9.32. The highest BCUT2D eigenvalue weighted by Gasteiger charge is 2.55. The molecular formula is C33H43N3O6. The summed E-state index contributed by atoms with van der Waals surface area (Å²) in [6, 6.07) is 13.2. The van der Waals surface area contributed by atoms with E-state index in [1.165, 1.54) is 18.6 Å². The Balaban J connectivity index is 1.20. The number of hydrogen-bond donors (Lipinski definition) is 3. The Morgan fingerprint density at radius 3 is 2.21 bits per heavy atom. The summed E-state index contributed by atoms with van der Waals surface area (Å²) in [4.78, 5) is 42.7. The monoisotopic (exact) mass is 577 g/mol. The van der Waals surface area contributed by atoms with Crippen LogP contribution in [-0.4, -0.2) is 75.1 Å². The maximum Gasteiger partial charge on any atom is 0.335 e. The van der Waals surface area contributed by atoms with Crippen LogP contribution in [0.1, 0.15) is 80.6 Å². The van der Waals surface area contributed by atoms with Crippen LogP contribution in [0, 0.1) is 5.92 Å². The zero-order chi connectivity index (χ0) is 29.7. The largest absolute Gasteiger partial charge is 0.478 e. The number of carboxylic acids is 1. The molecule has 3 N–H and O–H groups in total. The van der Waals surface area contributed by atoms with Crippen molar-refractivity contribution in [2.75, 3.05) is 19.6 Å². The molecule has 3 fully saturated rings. The van der Waals surface area contributed by atoms with Crippen LogP contribution in [0.4, 0.5) is 0 Å². The summed E-state index contributed by atoms with van der Waals surface area (Å²) >= 11 is 0. The number of ether oxygens (including phenoxy) is 1. The van der Waals surface area contributed by atoms with Gasteiger partial charge in [0.25, 0.3) is 0 Å². The Labute approximate surface area is 247 Å². The molecule has 5 rings (SSSR count). The molecule has 2 heterocycles. The minimum Gasteiger partial charge on any atom is -0.478 e. The Hall–Kier alpha value is -3.43. The second-order valence-electron chi connectivity index (χ2n) is 12.1. The number of carbonyl (C=O) groups excluding carboxylic acids is 2. The van der Waals surface area contributed by atoms with Crippen LogP contribution in [-0.2, 0) is 16.1 Å². The van der Waals surface area contributed by atoms with Crippen LogP contribution in [0.25, 0.3) is 0 Å². The third kappa shape index (κ3) is 6.47. The lowest BCUT2D eigenvalue weighted by Crippen LogP contribution is -2.75. The van der Waals surface area contributed by atoms with Crippen molar-refractivity contribution in [1.82, 2.24) is 15.1 Å². The Morgan fingerprint density at radius 2 is 1.62 bits per heavy atom. The molecule has 1 saturated carbocycles. The van der Waals surface area contributed by atoms with E-state index in [0.29, 0.717) is 44.0 Å². The Kier molecular flexibility index (Phi) is 9.48. The Morgan fingerprint density at radius 1 is 1.00 bits per heavy atom. The zero-order valence-electron chi connectivity index (χ0n) is 24.5. The lowest BCUT2D eigenvalue weighted by Gasteiger charge is -2.52. The van der Waals surface area contributed by atoms with Crippen molar-refractivity contribution in [2.24, 2.45) is 5.92 Å². The number of nitrogens with one attached hydrogen (secondary N) is 1. The number of benzene rings is 2. The summed E-state index contributed by atoms with van der Waals surface area (Å²) < 4.78 is 5.86.